The average Bonchev–Trinajstić information content (AvgIpc) is 3.61. The fourth-order valence-corrected chi connectivity index (χ4v) is 7.40. The molecule has 0 aliphatic carbocycles. The number of thiophene rings is 1. The minimum Gasteiger partial charge on any atom is -0.463 e. The smallest absolute Gasteiger partial charge is 0.232 e. The summed E-state index contributed by atoms with van der Waals surface area (Å²) in [5.74, 6) is 1.31. The molecule has 0 saturated carbocycles. The molecule has 10 heteroatoms. The second-order valence-electron chi connectivity index (χ2n) is 9.47. The summed E-state index contributed by atoms with van der Waals surface area (Å²) in [6.45, 7) is 6.45. The molecule has 0 bridgehead atoms. The van der Waals surface area contributed by atoms with Crippen molar-refractivity contribution >= 4 is 61.2 Å². The highest BCUT2D eigenvalue weighted by Gasteiger charge is 2.33. The number of ether oxygens (including phenoxy) is 1. The largest absolute Gasteiger partial charge is 0.463 e. The number of carbonyl (C=O) groups is 1. The van der Waals surface area contributed by atoms with E-state index in [4.69, 9.17) is 24.1 Å². The molecule has 0 atom stereocenters. The van der Waals surface area contributed by atoms with Crippen molar-refractivity contribution in [2.45, 2.75) is 55.5 Å². The van der Waals surface area contributed by atoms with Gasteiger partial charge in [-0.05, 0) is 50.6 Å². The van der Waals surface area contributed by atoms with Gasteiger partial charge in [0.15, 0.2) is 10.9 Å². The van der Waals surface area contributed by atoms with Crippen LogP contribution in [0.1, 0.15) is 37.8 Å². The molecule has 182 valence electrons. The van der Waals surface area contributed by atoms with E-state index in [1.54, 1.807) is 17.6 Å². The zero-order valence-electron chi connectivity index (χ0n) is 19.9. The van der Waals surface area contributed by atoms with E-state index in [9.17, 15) is 4.79 Å². The second kappa shape index (κ2) is 9.06. The Morgan fingerprint density at radius 2 is 2.03 bits per heavy atom. The fourth-order valence-electron chi connectivity index (χ4n) is 4.82. The van der Waals surface area contributed by atoms with Crippen LogP contribution in [-0.2, 0) is 22.6 Å². The SMILES string of the molecule is CSc1nc(SCC(=O)N2CCCC2)c2sc3nc(-c4ccco4)c4c(c3c2n1)CC(C)(C)OC4. The van der Waals surface area contributed by atoms with Gasteiger partial charge in [-0.15, -0.1) is 11.3 Å². The van der Waals surface area contributed by atoms with Crippen LogP contribution in [0.2, 0.25) is 0 Å². The summed E-state index contributed by atoms with van der Waals surface area (Å²) in [6.07, 6.45) is 6.61. The molecule has 6 rings (SSSR count). The van der Waals surface area contributed by atoms with Gasteiger partial charge in [-0.25, -0.2) is 15.0 Å². The first kappa shape index (κ1) is 23.3. The van der Waals surface area contributed by atoms with Gasteiger partial charge in [0.25, 0.3) is 0 Å². The quantitative estimate of drug-likeness (QED) is 0.184. The van der Waals surface area contributed by atoms with E-state index in [1.165, 1.54) is 29.1 Å². The van der Waals surface area contributed by atoms with Gasteiger partial charge in [0.1, 0.15) is 15.6 Å². The number of fused-ring (bicyclic) bond motifs is 5. The normalized spacial score (nSPS) is 17.4. The average molecular weight is 527 g/mol. The molecular formula is C25H26N4O3S3. The summed E-state index contributed by atoms with van der Waals surface area (Å²) in [5.41, 5.74) is 3.75. The van der Waals surface area contributed by atoms with Crippen molar-refractivity contribution in [2.24, 2.45) is 0 Å². The Kier molecular flexibility index (Phi) is 6.03. The van der Waals surface area contributed by atoms with Crippen molar-refractivity contribution in [2.75, 3.05) is 25.1 Å². The van der Waals surface area contributed by atoms with Crippen LogP contribution in [0, 0.1) is 0 Å². The lowest BCUT2D eigenvalue weighted by atomic mass is 9.89. The number of pyridine rings is 1. The van der Waals surface area contributed by atoms with Gasteiger partial charge in [0.05, 0.1) is 34.4 Å². The molecule has 2 aliphatic rings. The number of amides is 1. The van der Waals surface area contributed by atoms with E-state index >= 15 is 0 Å². The van der Waals surface area contributed by atoms with E-state index in [0.29, 0.717) is 17.5 Å². The lowest BCUT2D eigenvalue weighted by molar-refractivity contribution is -0.127. The van der Waals surface area contributed by atoms with Crippen LogP contribution in [0.5, 0.6) is 0 Å². The molecule has 6 heterocycles. The maximum Gasteiger partial charge on any atom is 0.232 e. The first-order valence-electron chi connectivity index (χ1n) is 11.7. The number of aromatic nitrogens is 3. The van der Waals surface area contributed by atoms with Crippen molar-refractivity contribution < 1.29 is 13.9 Å². The number of hydrogen-bond acceptors (Lipinski definition) is 9. The maximum absolute atomic E-state index is 12.7. The van der Waals surface area contributed by atoms with Gasteiger partial charge in [-0.3, -0.25) is 4.79 Å². The number of furan rings is 1. The molecule has 4 aromatic rings. The Morgan fingerprint density at radius 1 is 1.20 bits per heavy atom. The summed E-state index contributed by atoms with van der Waals surface area (Å²) in [6, 6.07) is 3.83. The van der Waals surface area contributed by atoms with E-state index in [-0.39, 0.29) is 11.5 Å². The van der Waals surface area contributed by atoms with Crippen LogP contribution in [0.15, 0.2) is 33.0 Å². The van der Waals surface area contributed by atoms with Gasteiger partial charge in [-0.1, -0.05) is 23.5 Å². The zero-order valence-corrected chi connectivity index (χ0v) is 22.4. The van der Waals surface area contributed by atoms with Crippen molar-refractivity contribution in [3.63, 3.8) is 0 Å². The molecular weight excluding hydrogens is 501 g/mol. The predicted molar refractivity (Wildman–Crippen MR) is 141 cm³/mol. The van der Waals surface area contributed by atoms with E-state index in [1.807, 2.05) is 23.3 Å². The number of carbonyl (C=O) groups excluding carboxylic acids is 1. The van der Waals surface area contributed by atoms with E-state index in [2.05, 4.69) is 13.8 Å². The Balaban J connectivity index is 1.52. The van der Waals surface area contributed by atoms with Crippen LogP contribution < -0.4 is 0 Å². The number of nitrogens with zero attached hydrogens (tertiary/aromatic N) is 4. The van der Waals surface area contributed by atoms with Crippen LogP contribution in [0.3, 0.4) is 0 Å². The minimum atomic E-state index is -0.287. The molecule has 0 spiro atoms. The second-order valence-corrected chi connectivity index (χ2v) is 12.2. The third-order valence-corrected chi connectivity index (χ3v) is 9.28. The fraction of sp³-hybridized carbons (Fsp3) is 0.440. The molecule has 1 amide bonds. The molecule has 0 radical (unpaired) electrons. The topological polar surface area (TPSA) is 81.4 Å². The third-order valence-electron chi connectivity index (χ3n) is 6.57. The van der Waals surface area contributed by atoms with Crippen molar-refractivity contribution in [3.8, 4) is 11.5 Å². The highest BCUT2D eigenvalue weighted by Crippen LogP contribution is 2.45. The molecule has 0 aromatic carbocycles. The maximum atomic E-state index is 12.7. The summed E-state index contributed by atoms with van der Waals surface area (Å²) in [5, 5.41) is 2.65. The number of hydrogen-bond donors (Lipinski definition) is 0. The number of rotatable bonds is 5. The van der Waals surface area contributed by atoms with Crippen LogP contribution in [-0.4, -0.2) is 56.5 Å². The Labute approximate surface area is 216 Å². The number of likely N-dealkylation sites (tertiary alicyclic amines) is 1. The minimum absolute atomic E-state index is 0.181. The van der Waals surface area contributed by atoms with Crippen molar-refractivity contribution in [1.82, 2.24) is 19.9 Å². The van der Waals surface area contributed by atoms with Gasteiger partial charge in [-0.2, -0.15) is 0 Å². The molecule has 0 N–H and O–H groups in total. The molecule has 1 saturated heterocycles. The summed E-state index contributed by atoms with van der Waals surface area (Å²) >= 11 is 4.64. The summed E-state index contributed by atoms with van der Waals surface area (Å²) in [7, 11) is 0. The lowest BCUT2D eigenvalue weighted by Gasteiger charge is -2.32. The highest BCUT2D eigenvalue weighted by atomic mass is 32.2. The molecule has 35 heavy (non-hydrogen) atoms. The van der Waals surface area contributed by atoms with Crippen LogP contribution in [0.4, 0.5) is 0 Å². The lowest BCUT2D eigenvalue weighted by Crippen LogP contribution is -2.32. The predicted octanol–water partition coefficient (Wildman–Crippen LogP) is 5.79. The third kappa shape index (κ3) is 4.24. The first-order valence-corrected chi connectivity index (χ1v) is 14.7. The molecule has 7 nitrogen and oxygen atoms in total. The molecule has 1 fully saturated rings. The van der Waals surface area contributed by atoms with Crippen LogP contribution in [0.25, 0.3) is 31.9 Å². The van der Waals surface area contributed by atoms with E-state index < -0.39 is 0 Å². The summed E-state index contributed by atoms with van der Waals surface area (Å²) in [4.78, 5) is 30.4. The Morgan fingerprint density at radius 3 is 2.77 bits per heavy atom. The van der Waals surface area contributed by atoms with Crippen molar-refractivity contribution in [1.29, 1.82) is 0 Å². The first-order chi connectivity index (χ1) is 16.9. The number of thioether (sulfide) groups is 2. The van der Waals surface area contributed by atoms with Gasteiger partial charge >= 0.3 is 0 Å². The zero-order chi connectivity index (χ0) is 24.2. The molecule has 2 aliphatic heterocycles. The van der Waals surface area contributed by atoms with Gasteiger partial charge in [0, 0.05) is 30.5 Å². The Bertz CT molecular complexity index is 1430. The van der Waals surface area contributed by atoms with Gasteiger partial charge in [0.2, 0.25) is 5.91 Å². The Hall–Kier alpha value is -2.14. The highest BCUT2D eigenvalue weighted by molar-refractivity contribution is 8.00. The summed E-state index contributed by atoms with van der Waals surface area (Å²) < 4.78 is 12.9. The van der Waals surface area contributed by atoms with Crippen LogP contribution >= 0.6 is 34.9 Å². The van der Waals surface area contributed by atoms with Gasteiger partial charge < -0.3 is 14.1 Å². The molecule has 0 unspecified atom stereocenters. The van der Waals surface area contributed by atoms with E-state index in [0.717, 1.165) is 74.8 Å². The monoisotopic (exact) mass is 526 g/mol. The van der Waals surface area contributed by atoms with Crippen molar-refractivity contribution in [3.05, 3.63) is 29.5 Å². The standard InChI is InChI=1S/C25H26N4O3S3/c1-25(2)11-14-15(12-32-25)19(16-7-6-10-31-16)26-22-18(14)20-21(35-22)23(28-24(27-20)33-3)34-13-17(30)29-8-4-5-9-29/h6-7,10H,4-5,8-9,11-13H2,1-3H3. The molecule has 4 aromatic heterocycles.